The van der Waals surface area contributed by atoms with Gasteiger partial charge in [0.15, 0.2) is 6.23 Å². The van der Waals surface area contributed by atoms with Crippen LogP contribution in [0.3, 0.4) is 0 Å². The molecule has 110 valence electrons. The highest BCUT2D eigenvalue weighted by Crippen LogP contribution is 2.41. The summed E-state index contributed by atoms with van der Waals surface area (Å²) in [5.74, 6) is 3.56. The molecule has 0 spiro atoms. The van der Waals surface area contributed by atoms with Gasteiger partial charge in [0.25, 0.3) is 0 Å². The number of terminal acetylenes is 2. The molecule has 1 aromatic rings. The predicted molar refractivity (Wildman–Crippen MR) is 66.5 cm³/mol. The first-order valence-electron chi connectivity index (χ1n) is 5.67. The third-order valence-electron chi connectivity index (χ3n) is 3.09. The Morgan fingerprint density at radius 1 is 1.57 bits per heavy atom. The van der Waals surface area contributed by atoms with Crippen LogP contribution in [0.25, 0.3) is 0 Å². The van der Waals surface area contributed by atoms with E-state index in [2.05, 4.69) is 4.98 Å². The monoisotopic (exact) mass is 295 g/mol. The van der Waals surface area contributed by atoms with Crippen LogP contribution < -0.4 is 11.4 Å². The number of alkyl halides is 1. The number of ether oxygens (including phenoxy) is 1. The zero-order chi connectivity index (χ0) is 15.8. The molecular weight excluding hydrogens is 285 g/mol. The Labute approximate surface area is 117 Å². The van der Waals surface area contributed by atoms with Crippen LogP contribution in [-0.4, -0.2) is 48.7 Å². The minimum absolute atomic E-state index is 0.563. The van der Waals surface area contributed by atoms with E-state index in [0.29, 0.717) is 4.57 Å². The maximum Gasteiger partial charge on any atom is 0.350 e. The largest absolute Gasteiger partial charge is 0.386 e. The van der Waals surface area contributed by atoms with Crippen molar-refractivity contribution < 1.29 is 19.3 Å². The number of aliphatic hydroxyl groups excluding tert-OH is 2. The summed E-state index contributed by atoms with van der Waals surface area (Å²) in [5, 5.41) is 19.4. The molecule has 0 bridgehead atoms. The molecule has 0 aliphatic carbocycles. The van der Waals surface area contributed by atoms with Crippen LogP contribution in [0.4, 0.5) is 4.39 Å². The Bertz CT molecular complexity index is 745. The number of nitrogens with one attached hydrogen (secondary N) is 1. The minimum Gasteiger partial charge on any atom is -0.386 e. The van der Waals surface area contributed by atoms with Crippen molar-refractivity contribution >= 4 is 0 Å². The normalized spacial score (nSPS) is 33.1. The first-order valence-corrected chi connectivity index (χ1v) is 5.67. The van der Waals surface area contributed by atoms with Crippen molar-refractivity contribution in [2.24, 2.45) is 0 Å². The molecular formula is C12H10FN3O5. The fourth-order valence-corrected chi connectivity index (χ4v) is 2.00. The third kappa shape index (κ3) is 2.23. The Kier molecular flexibility index (Phi) is 3.66. The summed E-state index contributed by atoms with van der Waals surface area (Å²) in [6.45, 7) is 0. The highest BCUT2D eigenvalue weighted by Gasteiger charge is 2.59. The van der Waals surface area contributed by atoms with Gasteiger partial charge in [0.1, 0.15) is 24.6 Å². The van der Waals surface area contributed by atoms with E-state index in [9.17, 15) is 24.2 Å². The number of halogens is 1. The number of hydrogen-bond donors (Lipinski definition) is 3. The van der Waals surface area contributed by atoms with E-state index < -0.39 is 41.6 Å². The second-order valence-electron chi connectivity index (χ2n) is 4.31. The van der Waals surface area contributed by atoms with Gasteiger partial charge in [-0.2, -0.15) is 4.98 Å². The summed E-state index contributed by atoms with van der Waals surface area (Å²) in [7, 11) is 0. The Balaban J connectivity index is 2.53. The van der Waals surface area contributed by atoms with Crippen molar-refractivity contribution in [3.8, 4) is 24.7 Å². The van der Waals surface area contributed by atoms with Crippen LogP contribution in [0.1, 0.15) is 6.23 Å². The molecule has 1 aromatic heterocycles. The summed E-state index contributed by atoms with van der Waals surface area (Å²) in [5.41, 5.74) is -4.83. The number of H-pyrrole nitrogens is 1. The number of nitrogens with zero attached hydrogens (tertiary/aromatic N) is 2. The number of rotatable bonds is 2. The van der Waals surface area contributed by atoms with Crippen molar-refractivity contribution in [1.29, 1.82) is 0 Å². The standard InChI is InChI=1S/C12H10FN3O5/c1-3-6(17)7-8(18)12(13,4-2)9(21-7)16-5-14-10(19)15-11(16)20/h1-2,5-9,17-18H,(H,15,19,20)/t6-,7-,8+,9-,12?/m1/s1. The van der Waals surface area contributed by atoms with Crippen molar-refractivity contribution in [2.45, 2.75) is 30.2 Å². The molecule has 1 fully saturated rings. The van der Waals surface area contributed by atoms with Gasteiger partial charge in [-0.15, -0.1) is 12.8 Å². The molecule has 1 saturated heterocycles. The molecule has 5 atom stereocenters. The summed E-state index contributed by atoms with van der Waals surface area (Å²) in [4.78, 5) is 27.6. The molecule has 0 amide bonds. The fraction of sp³-hybridized carbons (Fsp3) is 0.417. The Hall–Kier alpha value is -2.46. The summed E-state index contributed by atoms with van der Waals surface area (Å²) >= 11 is 0. The van der Waals surface area contributed by atoms with Gasteiger partial charge >= 0.3 is 11.4 Å². The SMILES string of the molecule is C#C[C@@H](O)[C@H]1O[C@@H](n2cnc(=O)[nH]c2=O)C(F)(C#C)[C@H]1O. The molecule has 2 rings (SSSR count). The van der Waals surface area contributed by atoms with Gasteiger partial charge in [-0.05, 0) is 0 Å². The van der Waals surface area contributed by atoms with E-state index >= 15 is 0 Å². The van der Waals surface area contributed by atoms with E-state index in [1.54, 1.807) is 10.9 Å². The van der Waals surface area contributed by atoms with Gasteiger partial charge in [0, 0.05) is 0 Å². The van der Waals surface area contributed by atoms with E-state index in [0.717, 1.165) is 6.33 Å². The van der Waals surface area contributed by atoms with Crippen LogP contribution in [0.15, 0.2) is 15.9 Å². The first kappa shape index (κ1) is 14.9. The lowest BCUT2D eigenvalue weighted by Crippen LogP contribution is -2.46. The lowest BCUT2D eigenvalue weighted by molar-refractivity contribution is -0.0706. The molecule has 1 aliphatic rings. The predicted octanol–water partition coefficient (Wildman–Crippen LogP) is -2.47. The Morgan fingerprint density at radius 2 is 2.24 bits per heavy atom. The fourth-order valence-electron chi connectivity index (χ4n) is 2.00. The van der Waals surface area contributed by atoms with Gasteiger partial charge < -0.3 is 14.9 Å². The number of aromatic amines is 1. The maximum atomic E-state index is 14.7. The molecule has 0 saturated carbocycles. The van der Waals surface area contributed by atoms with Gasteiger partial charge in [-0.3, -0.25) is 9.55 Å². The summed E-state index contributed by atoms with van der Waals surface area (Å²) < 4.78 is 20.4. The average molecular weight is 295 g/mol. The molecule has 0 radical (unpaired) electrons. The number of aliphatic hydroxyl groups is 2. The molecule has 1 aliphatic heterocycles. The van der Waals surface area contributed by atoms with Gasteiger partial charge in [-0.1, -0.05) is 11.8 Å². The highest BCUT2D eigenvalue weighted by atomic mass is 19.1. The molecule has 21 heavy (non-hydrogen) atoms. The highest BCUT2D eigenvalue weighted by molar-refractivity contribution is 5.22. The summed E-state index contributed by atoms with van der Waals surface area (Å²) in [6, 6.07) is 0. The second kappa shape index (κ2) is 5.14. The number of aromatic nitrogens is 3. The van der Waals surface area contributed by atoms with Gasteiger partial charge in [0.2, 0.25) is 5.67 Å². The molecule has 0 aromatic carbocycles. The second-order valence-corrected chi connectivity index (χ2v) is 4.31. The molecule has 9 heteroatoms. The van der Waals surface area contributed by atoms with Crippen LogP contribution in [-0.2, 0) is 4.74 Å². The van der Waals surface area contributed by atoms with E-state index in [4.69, 9.17) is 17.6 Å². The quantitative estimate of drug-likeness (QED) is 0.520. The molecule has 2 heterocycles. The van der Waals surface area contributed by atoms with Crippen molar-refractivity contribution in [2.75, 3.05) is 0 Å². The minimum atomic E-state index is -2.84. The lowest BCUT2D eigenvalue weighted by atomic mass is 9.95. The van der Waals surface area contributed by atoms with Crippen LogP contribution >= 0.6 is 0 Å². The van der Waals surface area contributed by atoms with Crippen molar-refractivity contribution in [3.05, 3.63) is 27.3 Å². The molecule has 8 nitrogen and oxygen atoms in total. The van der Waals surface area contributed by atoms with Gasteiger partial charge in [0.05, 0.1) is 0 Å². The van der Waals surface area contributed by atoms with Gasteiger partial charge in [-0.25, -0.2) is 14.0 Å². The zero-order valence-corrected chi connectivity index (χ0v) is 10.4. The molecule has 1 unspecified atom stereocenters. The van der Waals surface area contributed by atoms with E-state index in [1.807, 2.05) is 5.92 Å². The topological polar surface area (TPSA) is 117 Å². The lowest BCUT2D eigenvalue weighted by Gasteiger charge is -2.23. The van der Waals surface area contributed by atoms with Crippen LogP contribution in [0.5, 0.6) is 0 Å². The molecule has 3 N–H and O–H groups in total. The maximum absolute atomic E-state index is 14.7. The number of hydrogen-bond acceptors (Lipinski definition) is 6. The van der Waals surface area contributed by atoms with Crippen molar-refractivity contribution in [3.63, 3.8) is 0 Å². The van der Waals surface area contributed by atoms with Crippen molar-refractivity contribution in [1.82, 2.24) is 14.5 Å². The smallest absolute Gasteiger partial charge is 0.350 e. The first-order chi connectivity index (χ1) is 9.85. The third-order valence-corrected chi connectivity index (χ3v) is 3.09. The van der Waals surface area contributed by atoms with E-state index in [1.165, 1.54) is 0 Å². The average Bonchev–Trinajstić information content (AvgIpc) is 2.72. The van der Waals surface area contributed by atoms with Crippen LogP contribution in [0.2, 0.25) is 0 Å². The van der Waals surface area contributed by atoms with E-state index in [-0.39, 0.29) is 0 Å². The zero-order valence-electron chi connectivity index (χ0n) is 10.4. The summed E-state index contributed by atoms with van der Waals surface area (Å²) in [6.07, 6.45) is 3.81. The van der Waals surface area contributed by atoms with Crippen LogP contribution in [0, 0.1) is 24.7 Å². The Morgan fingerprint density at radius 3 is 2.76 bits per heavy atom.